The zero-order chi connectivity index (χ0) is 15.1. The highest BCUT2D eigenvalue weighted by Gasteiger charge is 2.14. The van der Waals surface area contributed by atoms with Gasteiger partial charge >= 0.3 is 5.97 Å². The van der Waals surface area contributed by atoms with Crippen molar-refractivity contribution in [2.75, 3.05) is 7.05 Å². The Bertz CT molecular complexity index is 536. The van der Waals surface area contributed by atoms with E-state index in [-0.39, 0.29) is 5.69 Å². The summed E-state index contributed by atoms with van der Waals surface area (Å²) in [7, 11) is 1.44. The van der Waals surface area contributed by atoms with Crippen LogP contribution in [0.15, 0.2) is 30.3 Å². The number of nitro benzene ring substituents is 1. The van der Waals surface area contributed by atoms with Gasteiger partial charge in [-0.05, 0) is 30.7 Å². The van der Waals surface area contributed by atoms with Gasteiger partial charge in [-0.2, -0.15) is 0 Å². The van der Waals surface area contributed by atoms with Crippen molar-refractivity contribution in [2.45, 2.75) is 13.0 Å². The highest BCUT2D eigenvalue weighted by Crippen LogP contribution is 2.12. The molecule has 0 aliphatic heterocycles. The second-order valence-corrected chi connectivity index (χ2v) is 3.88. The molecule has 1 amide bonds. The van der Waals surface area contributed by atoms with Gasteiger partial charge in [0.25, 0.3) is 11.6 Å². The Morgan fingerprint density at radius 2 is 1.95 bits per heavy atom. The fraction of sp³-hybridized carbons (Fsp3) is 0.231. The minimum Gasteiger partial charge on any atom is -0.449 e. The van der Waals surface area contributed by atoms with Crippen LogP contribution in [-0.4, -0.2) is 30.0 Å². The zero-order valence-electron chi connectivity index (χ0n) is 11.0. The number of nitro groups is 1. The number of carbonyl (C=O) groups is 2. The third-order valence-electron chi connectivity index (χ3n) is 2.42. The summed E-state index contributed by atoms with van der Waals surface area (Å²) in [5, 5.41) is 12.8. The first kappa shape index (κ1) is 15.4. The molecule has 0 aliphatic carbocycles. The smallest absolute Gasteiger partial charge is 0.331 e. The summed E-state index contributed by atoms with van der Waals surface area (Å²) in [4.78, 5) is 32.5. The maximum Gasteiger partial charge on any atom is 0.331 e. The Balaban J connectivity index is 2.61. The Morgan fingerprint density at radius 3 is 2.45 bits per heavy atom. The number of amides is 1. The number of carbonyl (C=O) groups excluding carboxylic acids is 2. The summed E-state index contributed by atoms with van der Waals surface area (Å²) in [6.07, 6.45) is 1.72. The molecule has 106 valence electrons. The number of ether oxygens (including phenoxy) is 1. The predicted octanol–water partition coefficient (Wildman–Crippen LogP) is 1.29. The van der Waals surface area contributed by atoms with Crippen LogP contribution in [-0.2, 0) is 14.3 Å². The number of esters is 1. The highest BCUT2D eigenvalue weighted by atomic mass is 16.6. The van der Waals surface area contributed by atoms with Gasteiger partial charge in [-0.1, -0.05) is 0 Å². The molecule has 0 bridgehead atoms. The molecule has 1 N–H and O–H groups in total. The van der Waals surface area contributed by atoms with Crippen LogP contribution < -0.4 is 5.32 Å². The lowest BCUT2D eigenvalue weighted by atomic mass is 10.2. The average molecular weight is 278 g/mol. The molecule has 7 nitrogen and oxygen atoms in total. The minimum atomic E-state index is -0.881. The molecule has 0 aliphatic rings. The van der Waals surface area contributed by atoms with Gasteiger partial charge in [0.2, 0.25) is 0 Å². The van der Waals surface area contributed by atoms with Crippen molar-refractivity contribution in [3.63, 3.8) is 0 Å². The number of benzene rings is 1. The van der Waals surface area contributed by atoms with Gasteiger partial charge in [0.05, 0.1) is 4.92 Å². The second kappa shape index (κ2) is 7.03. The van der Waals surface area contributed by atoms with Crippen LogP contribution in [0.2, 0.25) is 0 Å². The lowest BCUT2D eigenvalue weighted by Gasteiger charge is -2.09. The molecule has 0 fully saturated rings. The molecule has 0 aromatic heterocycles. The van der Waals surface area contributed by atoms with Crippen molar-refractivity contribution in [3.8, 4) is 0 Å². The van der Waals surface area contributed by atoms with E-state index in [0.29, 0.717) is 5.56 Å². The first-order chi connectivity index (χ1) is 9.43. The van der Waals surface area contributed by atoms with Gasteiger partial charge < -0.3 is 10.1 Å². The monoisotopic (exact) mass is 278 g/mol. The van der Waals surface area contributed by atoms with Gasteiger partial charge in [-0.25, -0.2) is 4.79 Å². The molecule has 0 saturated heterocycles. The van der Waals surface area contributed by atoms with Crippen molar-refractivity contribution in [1.29, 1.82) is 0 Å². The van der Waals surface area contributed by atoms with Crippen LogP contribution in [0.5, 0.6) is 0 Å². The lowest BCUT2D eigenvalue weighted by molar-refractivity contribution is -0.384. The molecule has 0 unspecified atom stereocenters. The maximum atomic E-state index is 11.4. The van der Waals surface area contributed by atoms with Gasteiger partial charge in [-0.3, -0.25) is 14.9 Å². The number of likely N-dealkylation sites (N-methyl/N-ethyl adjacent to an activating group) is 1. The first-order valence-corrected chi connectivity index (χ1v) is 5.78. The summed E-state index contributed by atoms with van der Waals surface area (Å²) >= 11 is 0. The lowest BCUT2D eigenvalue weighted by Crippen LogP contribution is -2.32. The molecule has 1 atom stereocenters. The summed E-state index contributed by atoms with van der Waals surface area (Å²) in [5.41, 5.74) is 0.582. The summed E-state index contributed by atoms with van der Waals surface area (Å²) in [6, 6.07) is 5.67. The predicted molar refractivity (Wildman–Crippen MR) is 71.8 cm³/mol. The normalized spacial score (nSPS) is 11.9. The van der Waals surface area contributed by atoms with Crippen LogP contribution in [0.4, 0.5) is 5.69 Å². The van der Waals surface area contributed by atoms with Gasteiger partial charge in [-0.15, -0.1) is 0 Å². The van der Waals surface area contributed by atoms with Gasteiger partial charge in [0.1, 0.15) is 0 Å². The molecule has 0 spiro atoms. The van der Waals surface area contributed by atoms with Gasteiger partial charge in [0.15, 0.2) is 6.10 Å². The molecule has 7 heteroatoms. The molecule has 20 heavy (non-hydrogen) atoms. The summed E-state index contributed by atoms with van der Waals surface area (Å²) < 4.78 is 4.84. The van der Waals surface area contributed by atoms with Gasteiger partial charge in [0, 0.05) is 25.3 Å². The third-order valence-corrected chi connectivity index (χ3v) is 2.42. The SMILES string of the molecule is CNC(=O)[C@H](C)OC(=O)/C=C/c1ccc([N+](=O)[O-])cc1. The number of nitrogens with zero attached hydrogens (tertiary/aromatic N) is 1. The largest absolute Gasteiger partial charge is 0.449 e. The molecule has 0 heterocycles. The summed E-state index contributed by atoms with van der Waals surface area (Å²) in [5.74, 6) is -1.07. The molecular formula is C13H14N2O5. The van der Waals surface area contributed by atoms with E-state index >= 15 is 0 Å². The van der Waals surface area contributed by atoms with E-state index in [1.165, 1.54) is 44.3 Å². The van der Waals surface area contributed by atoms with Crippen LogP contribution in [0.25, 0.3) is 6.08 Å². The van der Waals surface area contributed by atoms with E-state index in [1.807, 2.05) is 0 Å². The van der Waals surface area contributed by atoms with E-state index in [9.17, 15) is 19.7 Å². The van der Waals surface area contributed by atoms with Crippen molar-refractivity contribution in [2.24, 2.45) is 0 Å². The first-order valence-electron chi connectivity index (χ1n) is 5.78. The van der Waals surface area contributed by atoms with E-state index < -0.39 is 22.9 Å². The fourth-order valence-electron chi connectivity index (χ4n) is 1.34. The third kappa shape index (κ3) is 4.52. The zero-order valence-corrected chi connectivity index (χ0v) is 11.0. The topological polar surface area (TPSA) is 98.5 Å². The van der Waals surface area contributed by atoms with Crippen LogP contribution in [0, 0.1) is 10.1 Å². The van der Waals surface area contributed by atoms with Crippen molar-refractivity contribution in [1.82, 2.24) is 5.32 Å². The number of nitrogens with one attached hydrogen (secondary N) is 1. The van der Waals surface area contributed by atoms with E-state index in [2.05, 4.69) is 5.32 Å². The van der Waals surface area contributed by atoms with Crippen LogP contribution in [0.3, 0.4) is 0 Å². The summed E-state index contributed by atoms with van der Waals surface area (Å²) in [6.45, 7) is 1.45. The Kier molecular flexibility index (Phi) is 5.40. The number of hydrogen-bond donors (Lipinski definition) is 1. The quantitative estimate of drug-likeness (QED) is 0.378. The number of non-ortho nitro benzene ring substituents is 1. The molecule has 1 aromatic rings. The van der Waals surface area contributed by atoms with Crippen LogP contribution >= 0.6 is 0 Å². The fourth-order valence-corrected chi connectivity index (χ4v) is 1.34. The molecular weight excluding hydrogens is 264 g/mol. The maximum absolute atomic E-state index is 11.4. The Hall–Kier alpha value is -2.70. The number of rotatable bonds is 5. The Morgan fingerprint density at radius 1 is 1.35 bits per heavy atom. The average Bonchev–Trinajstić information content (AvgIpc) is 2.44. The van der Waals surface area contributed by atoms with Crippen molar-refractivity contribution in [3.05, 3.63) is 46.0 Å². The second-order valence-electron chi connectivity index (χ2n) is 3.88. The van der Waals surface area contributed by atoms with E-state index in [0.717, 1.165) is 6.08 Å². The van der Waals surface area contributed by atoms with Crippen molar-refractivity contribution >= 4 is 23.6 Å². The van der Waals surface area contributed by atoms with Crippen molar-refractivity contribution < 1.29 is 19.2 Å². The molecule has 0 saturated carbocycles. The molecule has 1 aromatic carbocycles. The standard InChI is InChI=1S/C13H14N2O5/c1-9(13(17)14-2)20-12(16)8-5-10-3-6-11(7-4-10)15(18)19/h3-9H,1-2H3,(H,14,17)/b8-5+/t9-/m0/s1. The van der Waals surface area contributed by atoms with E-state index in [4.69, 9.17) is 4.74 Å². The minimum absolute atomic E-state index is 0.0297. The number of hydrogen-bond acceptors (Lipinski definition) is 5. The molecule has 0 radical (unpaired) electrons. The van der Waals surface area contributed by atoms with Crippen LogP contribution in [0.1, 0.15) is 12.5 Å². The van der Waals surface area contributed by atoms with E-state index in [1.54, 1.807) is 0 Å². The highest BCUT2D eigenvalue weighted by molar-refractivity contribution is 5.90. The Labute approximate surface area is 115 Å². The molecule has 1 rings (SSSR count).